The fourth-order valence-corrected chi connectivity index (χ4v) is 1.56. The fraction of sp³-hybridized carbons (Fsp3) is 0.500. The van der Waals surface area contributed by atoms with Gasteiger partial charge in [-0.1, -0.05) is 0 Å². The van der Waals surface area contributed by atoms with Gasteiger partial charge in [0.1, 0.15) is 5.52 Å². The predicted molar refractivity (Wildman–Crippen MR) is 58.4 cm³/mol. The van der Waals surface area contributed by atoms with Crippen molar-refractivity contribution in [1.82, 2.24) is 25.3 Å². The molecule has 1 N–H and O–H groups in total. The van der Waals surface area contributed by atoms with Gasteiger partial charge in [-0.2, -0.15) is 10.3 Å². The third-order valence-electron chi connectivity index (χ3n) is 2.42. The Hall–Kier alpha value is -1.49. The molecule has 0 unspecified atom stereocenters. The van der Waals surface area contributed by atoms with Gasteiger partial charge < -0.3 is 4.90 Å². The molecule has 0 amide bonds. The Balaban J connectivity index is 0.000000124. The van der Waals surface area contributed by atoms with Crippen molar-refractivity contribution >= 4 is 11.2 Å². The molecular formula is C10H15N5. The van der Waals surface area contributed by atoms with Crippen LogP contribution in [0.1, 0.15) is 12.8 Å². The van der Waals surface area contributed by atoms with Crippen molar-refractivity contribution in [3.8, 4) is 0 Å². The highest BCUT2D eigenvalue weighted by Crippen LogP contribution is 2.02. The van der Waals surface area contributed by atoms with Gasteiger partial charge in [0.15, 0.2) is 0 Å². The van der Waals surface area contributed by atoms with Crippen LogP contribution in [0.3, 0.4) is 0 Å². The smallest absolute Gasteiger partial charge is 0.201 e. The number of fused-ring (bicyclic) bond motifs is 1. The van der Waals surface area contributed by atoms with E-state index in [1.54, 1.807) is 6.20 Å². The molecule has 15 heavy (non-hydrogen) atoms. The summed E-state index contributed by atoms with van der Waals surface area (Å²) in [5.41, 5.74) is 1.47. The number of hydrogen-bond acceptors (Lipinski definition) is 4. The summed E-state index contributed by atoms with van der Waals surface area (Å²) >= 11 is 0. The van der Waals surface area contributed by atoms with E-state index in [0.29, 0.717) is 5.65 Å². The van der Waals surface area contributed by atoms with Crippen molar-refractivity contribution in [3.63, 3.8) is 0 Å². The largest absolute Gasteiger partial charge is 0.306 e. The summed E-state index contributed by atoms with van der Waals surface area (Å²) in [7, 11) is 2.17. The summed E-state index contributed by atoms with van der Waals surface area (Å²) in [4.78, 5) is 6.30. The Morgan fingerprint density at radius 2 is 2.07 bits per heavy atom. The van der Waals surface area contributed by atoms with Crippen LogP contribution in [0.15, 0.2) is 18.3 Å². The maximum Gasteiger partial charge on any atom is 0.201 e. The summed E-state index contributed by atoms with van der Waals surface area (Å²) in [6.45, 7) is 2.64. The van der Waals surface area contributed by atoms with Crippen molar-refractivity contribution < 1.29 is 0 Å². The van der Waals surface area contributed by atoms with Gasteiger partial charge in [0, 0.05) is 6.20 Å². The van der Waals surface area contributed by atoms with Crippen LogP contribution in [-0.4, -0.2) is 45.4 Å². The van der Waals surface area contributed by atoms with E-state index in [9.17, 15) is 0 Å². The van der Waals surface area contributed by atoms with Crippen LogP contribution in [0, 0.1) is 0 Å². The predicted octanol–water partition coefficient (Wildman–Crippen LogP) is 1.06. The molecule has 0 bridgehead atoms. The van der Waals surface area contributed by atoms with Crippen LogP contribution < -0.4 is 0 Å². The zero-order chi connectivity index (χ0) is 10.5. The van der Waals surface area contributed by atoms with Gasteiger partial charge >= 0.3 is 0 Å². The highest BCUT2D eigenvalue weighted by Gasteiger charge is 2.03. The van der Waals surface area contributed by atoms with Crippen LogP contribution in [0.25, 0.3) is 11.2 Å². The van der Waals surface area contributed by atoms with Gasteiger partial charge in [-0.3, -0.25) is 0 Å². The average Bonchev–Trinajstić information content (AvgIpc) is 2.88. The Morgan fingerprint density at radius 3 is 2.67 bits per heavy atom. The lowest BCUT2D eigenvalue weighted by molar-refractivity contribution is 0.418. The molecule has 0 saturated carbocycles. The number of aromatic amines is 1. The molecule has 1 aliphatic rings. The Labute approximate surface area is 88.5 Å². The number of nitrogens with one attached hydrogen (secondary N) is 1. The number of H-pyrrole nitrogens is 1. The number of nitrogens with zero attached hydrogens (tertiary/aromatic N) is 4. The summed E-state index contributed by atoms with van der Waals surface area (Å²) in [5, 5.41) is 10.1. The van der Waals surface area contributed by atoms with Crippen molar-refractivity contribution in [2.45, 2.75) is 12.8 Å². The number of aromatic nitrogens is 4. The van der Waals surface area contributed by atoms with Gasteiger partial charge in [0.25, 0.3) is 0 Å². The maximum absolute atomic E-state index is 3.94. The molecular weight excluding hydrogens is 190 g/mol. The molecule has 5 heteroatoms. The second kappa shape index (κ2) is 4.84. The van der Waals surface area contributed by atoms with Crippen LogP contribution >= 0.6 is 0 Å². The van der Waals surface area contributed by atoms with Gasteiger partial charge in [0.2, 0.25) is 5.65 Å². The number of pyridine rings is 1. The third-order valence-corrected chi connectivity index (χ3v) is 2.42. The van der Waals surface area contributed by atoms with E-state index in [0.717, 1.165) is 5.52 Å². The molecule has 3 heterocycles. The average molecular weight is 205 g/mol. The van der Waals surface area contributed by atoms with E-state index >= 15 is 0 Å². The number of rotatable bonds is 0. The Morgan fingerprint density at radius 1 is 1.27 bits per heavy atom. The molecule has 2 aromatic heterocycles. The summed E-state index contributed by atoms with van der Waals surface area (Å²) in [6.07, 6.45) is 4.51. The quantitative estimate of drug-likeness (QED) is 0.698. The summed E-state index contributed by atoms with van der Waals surface area (Å²) in [6, 6.07) is 3.68. The molecule has 0 atom stereocenters. The fourth-order valence-electron chi connectivity index (χ4n) is 1.56. The zero-order valence-electron chi connectivity index (χ0n) is 8.85. The lowest BCUT2D eigenvalue weighted by atomic mass is 10.4. The van der Waals surface area contributed by atoms with Crippen LogP contribution in [-0.2, 0) is 0 Å². The highest BCUT2D eigenvalue weighted by molar-refractivity contribution is 5.67. The molecule has 1 aliphatic heterocycles. The van der Waals surface area contributed by atoms with Crippen LogP contribution in [0.2, 0.25) is 0 Å². The van der Waals surface area contributed by atoms with Gasteiger partial charge in [0.05, 0.1) is 0 Å². The molecule has 0 aromatic carbocycles. The standard InChI is InChI=1S/C5H4N4.C5H11N/c1-2-4-5(6-3-1)8-9-7-4;1-6-4-2-3-5-6/h1-3H,(H,6,7,8,9);2-5H2,1H3. The topological polar surface area (TPSA) is 57.7 Å². The normalized spacial score (nSPS) is 16.3. The van der Waals surface area contributed by atoms with E-state index in [-0.39, 0.29) is 0 Å². The minimum absolute atomic E-state index is 0.664. The molecule has 0 aliphatic carbocycles. The molecule has 0 radical (unpaired) electrons. The van der Waals surface area contributed by atoms with Gasteiger partial charge in [-0.15, -0.1) is 5.10 Å². The van der Waals surface area contributed by atoms with Crippen LogP contribution in [0.5, 0.6) is 0 Å². The molecule has 3 rings (SSSR count). The summed E-state index contributed by atoms with van der Waals surface area (Å²) < 4.78 is 0. The van der Waals surface area contributed by atoms with E-state index < -0.39 is 0 Å². The summed E-state index contributed by atoms with van der Waals surface area (Å²) in [5.74, 6) is 0. The van der Waals surface area contributed by atoms with Crippen molar-refractivity contribution in [2.24, 2.45) is 0 Å². The molecule has 0 spiro atoms. The lowest BCUT2D eigenvalue weighted by Crippen LogP contribution is -2.10. The molecule has 80 valence electrons. The van der Waals surface area contributed by atoms with Crippen molar-refractivity contribution in [1.29, 1.82) is 0 Å². The Bertz CT molecular complexity index is 375. The first-order chi connectivity index (χ1) is 7.36. The minimum atomic E-state index is 0.664. The third kappa shape index (κ3) is 2.73. The second-order valence-electron chi connectivity index (χ2n) is 3.68. The first-order valence-electron chi connectivity index (χ1n) is 5.16. The molecule has 1 fully saturated rings. The number of hydrogen-bond donors (Lipinski definition) is 1. The van der Waals surface area contributed by atoms with E-state index in [1.807, 2.05) is 12.1 Å². The monoisotopic (exact) mass is 205 g/mol. The number of likely N-dealkylation sites (tertiary alicyclic amines) is 1. The first-order valence-corrected chi connectivity index (χ1v) is 5.16. The van der Waals surface area contributed by atoms with Gasteiger partial charge in [-0.25, -0.2) is 4.98 Å². The highest BCUT2D eigenvalue weighted by atomic mass is 15.3. The maximum atomic E-state index is 3.94. The molecule has 1 saturated heterocycles. The van der Waals surface area contributed by atoms with E-state index in [4.69, 9.17) is 0 Å². The van der Waals surface area contributed by atoms with Gasteiger partial charge in [-0.05, 0) is 45.1 Å². The Kier molecular flexibility index (Phi) is 3.24. The van der Waals surface area contributed by atoms with E-state index in [2.05, 4.69) is 32.3 Å². The first kappa shape index (κ1) is 10.0. The minimum Gasteiger partial charge on any atom is -0.306 e. The SMILES string of the molecule is CN1CCCC1.c1cnc2n[nH]nc2c1. The van der Waals surface area contributed by atoms with Crippen molar-refractivity contribution in [2.75, 3.05) is 20.1 Å². The molecule has 2 aromatic rings. The molecule has 5 nitrogen and oxygen atoms in total. The lowest BCUT2D eigenvalue weighted by Gasteiger charge is -2.01. The van der Waals surface area contributed by atoms with E-state index in [1.165, 1.54) is 25.9 Å². The zero-order valence-corrected chi connectivity index (χ0v) is 8.85. The van der Waals surface area contributed by atoms with Crippen LogP contribution in [0.4, 0.5) is 0 Å². The second-order valence-corrected chi connectivity index (χ2v) is 3.68. The van der Waals surface area contributed by atoms with Crippen molar-refractivity contribution in [3.05, 3.63) is 18.3 Å².